The fourth-order valence-corrected chi connectivity index (χ4v) is 5.93. The highest BCUT2D eigenvalue weighted by Gasteiger charge is 2.33. The van der Waals surface area contributed by atoms with Crippen LogP contribution in [0.3, 0.4) is 0 Å². The molecule has 9 heteroatoms. The van der Waals surface area contributed by atoms with Crippen LogP contribution < -0.4 is 4.90 Å². The monoisotopic (exact) mass is 434 g/mol. The van der Waals surface area contributed by atoms with Gasteiger partial charge in [-0.1, -0.05) is 12.1 Å². The molecule has 7 nitrogen and oxygen atoms in total. The average Bonchev–Trinajstić information content (AvgIpc) is 3.38. The number of sulfonamides is 1. The van der Waals surface area contributed by atoms with Gasteiger partial charge in [-0.25, -0.2) is 12.8 Å². The fraction of sp³-hybridized carbons (Fsp3) is 0.476. The van der Waals surface area contributed by atoms with E-state index in [1.165, 1.54) is 16.4 Å². The van der Waals surface area contributed by atoms with Crippen molar-refractivity contribution < 1.29 is 17.6 Å². The van der Waals surface area contributed by atoms with Gasteiger partial charge in [-0.05, 0) is 38.0 Å². The molecule has 0 spiro atoms. The zero-order chi connectivity index (χ0) is 21.5. The van der Waals surface area contributed by atoms with Crippen molar-refractivity contribution in [2.24, 2.45) is 7.05 Å². The van der Waals surface area contributed by atoms with Crippen LogP contribution in [0.15, 0.2) is 35.2 Å². The molecule has 162 valence electrons. The molecule has 0 radical (unpaired) electrons. The standard InChI is InChI=1S/C21H27FN4O3S/c1-16-20(15-19(23(16)2)21(27)25-9-5-6-10-25)30(28,29)26-13-11-24(12-14-26)18-8-4-3-7-17(18)22/h3-4,7-8,15H,5-6,9-14H2,1-2H3. The van der Waals surface area contributed by atoms with Crippen molar-refractivity contribution in [3.8, 4) is 0 Å². The summed E-state index contributed by atoms with van der Waals surface area (Å²) in [6.07, 6.45) is 1.96. The number of rotatable bonds is 4. The van der Waals surface area contributed by atoms with E-state index in [4.69, 9.17) is 0 Å². The van der Waals surface area contributed by atoms with Crippen LogP contribution in [0.2, 0.25) is 0 Å². The van der Waals surface area contributed by atoms with E-state index in [-0.39, 0.29) is 29.7 Å². The molecule has 0 bridgehead atoms. The summed E-state index contributed by atoms with van der Waals surface area (Å²) in [4.78, 5) is 16.6. The molecule has 1 aromatic carbocycles. The number of likely N-dealkylation sites (tertiary alicyclic amines) is 1. The number of nitrogens with zero attached hydrogens (tertiary/aromatic N) is 4. The topological polar surface area (TPSA) is 65.9 Å². The molecular weight excluding hydrogens is 407 g/mol. The average molecular weight is 435 g/mol. The number of halogens is 1. The largest absolute Gasteiger partial charge is 0.367 e. The number of carbonyl (C=O) groups excluding carboxylic acids is 1. The lowest BCUT2D eigenvalue weighted by molar-refractivity contribution is 0.0783. The van der Waals surface area contributed by atoms with E-state index in [9.17, 15) is 17.6 Å². The molecule has 0 N–H and O–H groups in total. The van der Waals surface area contributed by atoms with Gasteiger partial charge in [-0.2, -0.15) is 4.31 Å². The highest BCUT2D eigenvalue weighted by atomic mass is 32.2. The number of anilines is 1. The van der Waals surface area contributed by atoms with Gasteiger partial charge in [0.1, 0.15) is 16.4 Å². The molecule has 0 saturated carbocycles. The zero-order valence-electron chi connectivity index (χ0n) is 17.3. The van der Waals surface area contributed by atoms with Crippen LogP contribution in [0.25, 0.3) is 0 Å². The minimum absolute atomic E-state index is 0.121. The molecule has 1 amide bonds. The number of amides is 1. The summed E-state index contributed by atoms with van der Waals surface area (Å²) in [5, 5.41) is 0. The third kappa shape index (κ3) is 3.60. The number of benzene rings is 1. The quantitative estimate of drug-likeness (QED) is 0.740. The van der Waals surface area contributed by atoms with Gasteiger partial charge in [0.15, 0.2) is 0 Å². The van der Waals surface area contributed by atoms with Gasteiger partial charge in [0, 0.05) is 52.0 Å². The van der Waals surface area contributed by atoms with Crippen LogP contribution in [-0.2, 0) is 17.1 Å². The molecule has 0 atom stereocenters. The predicted octanol–water partition coefficient (Wildman–Crippen LogP) is 2.22. The Hall–Kier alpha value is -2.39. The van der Waals surface area contributed by atoms with Crippen LogP contribution in [0, 0.1) is 12.7 Å². The van der Waals surface area contributed by atoms with Crippen molar-refractivity contribution in [2.75, 3.05) is 44.2 Å². The van der Waals surface area contributed by atoms with Crippen LogP contribution >= 0.6 is 0 Å². The van der Waals surface area contributed by atoms with Gasteiger partial charge in [0.25, 0.3) is 5.91 Å². The van der Waals surface area contributed by atoms with Gasteiger partial charge in [0.2, 0.25) is 10.0 Å². The van der Waals surface area contributed by atoms with E-state index in [2.05, 4.69) is 0 Å². The molecule has 30 heavy (non-hydrogen) atoms. The lowest BCUT2D eigenvalue weighted by Crippen LogP contribution is -2.49. The number of para-hydroxylation sites is 1. The Labute approximate surface area is 176 Å². The van der Waals surface area contributed by atoms with E-state index in [0.717, 1.165) is 12.8 Å². The zero-order valence-corrected chi connectivity index (χ0v) is 18.2. The van der Waals surface area contributed by atoms with E-state index >= 15 is 0 Å². The van der Waals surface area contributed by atoms with Crippen molar-refractivity contribution in [1.82, 2.24) is 13.8 Å². The van der Waals surface area contributed by atoms with E-state index < -0.39 is 10.0 Å². The summed E-state index contributed by atoms with van der Waals surface area (Å²) >= 11 is 0. The highest BCUT2D eigenvalue weighted by Crippen LogP contribution is 2.27. The Morgan fingerprint density at radius 3 is 2.27 bits per heavy atom. The highest BCUT2D eigenvalue weighted by molar-refractivity contribution is 7.89. The van der Waals surface area contributed by atoms with Gasteiger partial charge in [-0.15, -0.1) is 0 Å². The van der Waals surface area contributed by atoms with E-state index in [1.807, 2.05) is 4.90 Å². The first-order chi connectivity index (χ1) is 14.3. The van der Waals surface area contributed by atoms with Crippen molar-refractivity contribution in [3.05, 3.63) is 47.5 Å². The Bertz CT molecular complexity index is 1050. The summed E-state index contributed by atoms with van der Waals surface area (Å²) in [5.41, 5.74) is 1.44. The molecular formula is C21H27FN4O3S. The van der Waals surface area contributed by atoms with Gasteiger partial charge < -0.3 is 14.4 Å². The third-order valence-electron chi connectivity index (χ3n) is 6.15. The minimum Gasteiger partial charge on any atom is -0.367 e. The van der Waals surface area contributed by atoms with Crippen molar-refractivity contribution in [2.45, 2.75) is 24.7 Å². The van der Waals surface area contributed by atoms with Crippen LogP contribution in [0.4, 0.5) is 10.1 Å². The lowest BCUT2D eigenvalue weighted by atomic mass is 10.2. The summed E-state index contributed by atoms with van der Waals surface area (Å²) in [7, 11) is -2.02. The van der Waals surface area contributed by atoms with Crippen molar-refractivity contribution >= 4 is 21.6 Å². The maximum Gasteiger partial charge on any atom is 0.270 e. The minimum atomic E-state index is -3.75. The van der Waals surface area contributed by atoms with Gasteiger partial charge in [0.05, 0.1) is 5.69 Å². The smallest absolute Gasteiger partial charge is 0.270 e. The van der Waals surface area contributed by atoms with Crippen molar-refractivity contribution in [1.29, 1.82) is 0 Å². The van der Waals surface area contributed by atoms with Crippen molar-refractivity contribution in [3.63, 3.8) is 0 Å². The summed E-state index contributed by atoms with van der Waals surface area (Å²) in [6.45, 7) is 4.49. The van der Waals surface area contributed by atoms with Gasteiger partial charge >= 0.3 is 0 Å². The molecule has 2 aromatic rings. The number of aromatic nitrogens is 1. The maximum atomic E-state index is 14.1. The first-order valence-electron chi connectivity index (χ1n) is 10.3. The molecule has 2 aliphatic heterocycles. The molecule has 4 rings (SSSR count). The Kier molecular flexibility index (Phi) is 5.59. The first kappa shape index (κ1) is 20.9. The normalized spacial score (nSPS) is 18.2. The second-order valence-corrected chi connectivity index (χ2v) is 9.79. The molecule has 1 aromatic heterocycles. The molecule has 2 fully saturated rings. The lowest BCUT2D eigenvalue weighted by Gasteiger charge is -2.35. The van der Waals surface area contributed by atoms with Crippen LogP contribution in [0.5, 0.6) is 0 Å². The van der Waals surface area contributed by atoms with E-state index in [0.29, 0.717) is 43.3 Å². The summed E-state index contributed by atoms with van der Waals surface area (Å²) in [6, 6.07) is 8.03. The number of piperazine rings is 1. The molecule has 2 aliphatic rings. The third-order valence-corrected chi connectivity index (χ3v) is 8.16. The first-order valence-corrected chi connectivity index (χ1v) is 11.7. The Balaban J connectivity index is 1.54. The molecule has 2 saturated heterocycles. The van der Waals surface area contributed by atoms with E-state index in [1.54, 1.807) is 41.6 Å². The predicted molar refractivity (Wildman–Crippen MR) is 113 cm³/mol. The molecule has 0 unspecified atom stereocenters. The number of hydrogen-bond acceptors (Lipinski definition) is 4. The number of carbonyl (C=O) groups is 1. The fourth-order valence-electron chi connectivity index (χ4n) is 4.24. The summed E-state index contributed by atoms with van der Waals surface area (Å²) < 4.78 is 43.8. The summed E-state index contributed by atoms with van der Waals surface area (Å²) in [5.74, 6) is -0.429. The molecule has 0 aliphatic carbocycles. The van der Waals surface area contributed by atoms with Gasteiger partial charge in [-0.3, -0.25) is 4.79 Å². The second kappa shape index (κ2) is 8.03. The van der Waals surface area contributed by atoms with Crippen LogP contribution in [0.1, 0.15) is 29.0 Å². The SMILES string of the molecule is Cc1c(S(=O)(=O)N2CCN(c3ccccc3F)CC2)cc(C(=O)N2CCCC2)n1C. The molecule has 3 heterocycles. The maximum absolute atomic E-state index is 14.1. The number of hydrogen-bond donors (Lipinski definition) is 0. The Morgan fingerprint density at radius 1 is 1.00 bits per heavy atom. The second-order valence-electron chi connectivity index (χ2n) is 7.88. The van der Waals surface area contributed by atoms with Crippen LogP contribution in [-0.4, -0.2) is 67.4 Å². The Morgan fingerprint density at radius 2 is 1.63 bits per heavy atom.